The molecule has 6 nitrogen and oxygen atoms in total. The maximum Gasteiger partial charge on any atom is 0.347 e. The van der Waals surface area contributed by atoms with E-state index in [1.165, 1.54) is 12.4 Å². The molecule has 2 heterocycles. The van der Waals surface area contributed by atoms with Gasteiger partial charge in [-0.2, -0.15) is 0 Å². The standard InChI is InChI=1S/C18H12N2O4S2/c21-17(22)13-9-19-15(25-13)6-4-11-2-1-3-12(8-11)5-7-16-20-10-14(26-16)18(23)24/h1-10H,(H,21,22)(H,23,24)/b6-4+,7-5+. The SMILES string of the molecule is O=C(O)c1cnc(/C=C/c2cccc(/C=C/c3ncc(C(=O)O)s3)c2)s1. The lowest BCUT2D eigenvalue weighted by Gasteiger charge is -1.96. The van der Waals surface area contributed by atoms with E-state index in [1.807, 2.05) is 36.4 Å². The van der Waals surface area contributed by atoms with Crippen LogP contribution in [-0.2, 0) is 0 Å². The van der Waals surface area contributed by atoms with Crippen LogP contribution in [0, 0.1) is 0 Å². The van der Waals surface area contributed by atoms with Crippen LogP contribution >= 0.6 is 22.7 Å². The fourth-order valence-corrected chi connectivity index (χ4v) is 3.35. The van der Waals surface area contributed by atoms with E-state index in [4.69, 9.17) is 10.2 Å². The molecule has 0 saturated carbocycles. The first-order chi connectivity index (χ1) is 12.5. The highest BCUT2D eigenvalue weighted by molar-refractivity contribution is 7.14. The number of aromatic nitrogens is 2. The zero-order valence-electron chi connectivity index (χ0n) is 13.2. The number of rotatable bonds is 6. The lowest BCUT2D eigenvalue weighted by molar-refractivity contribution is 0.0691. The van der Waals surface area contributed by atoms with Gasteiger partial charge in [-0.05, 0) is 29.3 Å². The van der Waals surface area contributed by atoms with E-state index in [2.05, 4.69) is 9.97 Å². The molecule has 0 spiro atoms. The number of benzene rings is 1. The largest absolute Gasteiger partial charge is 0.477 e. The van der Waals surface area contributed by atoms with Gasteiger partial charge in [-0.1, -0.05) is 30.4 Å². The van der Waals surface area contributed by atoms with Crippen molar-refractivity contribution >= 4 is 58.9 Å². The van der Waals surface area contributed by atoms with Crippen LogP contribution < -0.4 is 0 Å². The van der Waals surface area contributed by atoms with Crippen LogP contribution in [0.2, 0.25) is 0 Å². The highest BCUT2D eigenvalue weighted by Gasteiger charge is 2.07. The van der Waals surface area contributed by atoms with E-state index in [9.17, 15) is 9.59 Å². The molecule has 3 rings (SSSR count). The minimum Gasteiger partial charge on any atom is -0.477 e. The first-order valence-electron chi connectivity index (χ1n) is 7.36. The molecule has 0 aliphatic heterocycles. The number of hydrogen-bond acceptors (Lipinski definition) is 6. The molecule has 2 N–H and O–H groups in total. The predicted octanol–water partition coefficient (Wildman–Crippen LogP) is 4.34. The zero-order valence-corrected chi connectivity index (χ0v) is 14.8. The summed E-state index contributed by atoms with van der Waals surface area (Å²) in [6, 6.07) is 7.69. The van der Waals surface area contributed by atoms with Crippen molar-refractivity contribution in [3.05, 3.63) is 67.6 Å². The summed E-state index contributed by atoms with van der Waals surface area (Å²) in [5, 5.41) is 19.0. The third-order valence-electron chi connectivity index (χ3n) is 3.22. The number of thiazole rings is 2. The van der Waals surface area contributed by atoms with Gasteiger partial charge < -0.3 is 10.2 Å². The van der Waals surface area contributed by atoms with Crippen molar-refractivity contribution in [2.75, 3.05) is 0 Å². The van der Waals surface area contributed by atoms with Gasteiger partial charge in [0.15, 0.2) is 0 Å². The normalized spacial score (nSPS) is 11.4. The molecular weight excluding hydrogens is 372 g/mol. The first-order valence-corrected chi connectivity index (χ1v) is 8.99. The average Bonchev–Trinajstić information content (AvgIpc) is 3.28. The Balaban J connectivity index is 1.72. The molecule has 0 bridgehead atoms. The molecule has 1 aromatic carbocycles. The minimum atomic E-state index is -0.984. The summed E-state index contributed by atoms with van der Waals surface area (Å²) in [7, 11) is 0. The number of carboxylic acid groups (broad SMARTS) is 2. The number of carboxylic acids is 2. The van der Waals surface area contributed by atoms with Gasteiger partial charge in [-0.3, -0.25) is 0 Å². The highest BCUT2D eigenvalue weighted by Crippen LogP contribution is 2.18. The fraction of sp³-hybridized carbons (Fsp3) is 0. The summed E-state index contributed by atoms with van der Waals surface area (Å²) in [4.78, 5) is 30.2. The van der Waals surface area contributed by atoms with Crippen molar-refractivity contribution < 1.29 is 19.8 Å². The predicted molar refractivity (Wildman–Crippen MR) is 102 cm³/mol. The summed E-state index contributed by atoms with van der Waals surface area (Å²) in [5.74, 6) is -1.97. The lowest BCUT2D eigenvalue weighted by Crippen LogP contribution is -1.89. The quantitative estimate of drug-likeness (QED) is 0.656. The van der Waals surface area contributed by atoms with Crippen LogP contribution in [0.25, 0.3) is 24.3 Å². The van der Waals surface area contributed by atoms with E-state index in [1.54, 1.807) is 12.2 Å². The van der Waals surface area contributed by atoms with Crippen LogP contribution in [0.4, 0.5) is 0 Å². The monoisotopic (exact) mass is 384 g/mol. The smallest absolute Gasteiger partial charge is 0.347 e. The summed E-state index contributed by atoms with van der Waals surface area (Å²) < 4.78 is 0. The second-order valence-corrected chi connectivity index (χ2v) is 7.20. The molecule has 0 fully saturated rings. The Morgan fingerprint density at radius 1 is 0.808 bits per heavy atom. The van der Waals surface area contributed by atoms with Crippen molar-refractivity contribution in [3.8, 4) is 0 Å². The van der Waals surface area contributed by atoms with Gasteiger partial charge in [0.1, 0.15) is 19.8 Å². The second kappa shape index (κ2) is 7.85. The number of hydrogen-bond donors (Lipinski definition) is 2. The van der Waals surface area contributed by atoms with Gasteiger partial charge in [-0.25, -0.2) is 19.6 Å². The molecule has 3 aromatic rings. The first kappa shape index (κ1) is 17.7. The molecule has 0 unspecified atom stereocenters. The molecule has 130 valence electrons. The maximum absolute atomic E-state index is 10.9. The van der Waals surface area contributed by atoms with E-state index >= 15 is 0 Å². The van der Waals surface area contributed by atoms with Crippen molar-refractivity contribution in [3.63, 3.8) is 0 Å². The lowest BCUT2D eigenvalue weighted by atomic mass is 10.1. The third-order valence-corrected chi connectivity index (χ3v) is 5.12. The summed E-state index contributed by atoms with van der Waals surface area (Å²) >= 11 is 2.22. The Morgan fingerprint density at radius 3 is 1.65 bits per heavy atom. The number of aromatic carboxylic acids is 2. The average molecular weight is 384 g/mol. The molecule has 0 aliphatic rings. The van der Waals surface area contributed by atoms with Crippen molar-refractivity contribution in [1.82, 2.24) is 9.97 Å². The van der Waals surface area contributed by atoms with Crippen LogP contribution in [0.5, 0.6) is 0 Å². The molecular formula is C18H12N2O4S2. The van der Waals surface area contributed by atoms with Crippen molar-refractivity contribution in [1.29, 1.82) is 0 Å². The van der Waals surface area contributed by atoms with Gasteiger partial charge in [0.25, 0.3) is 0 Å². The Morgan fingerprint density at radius 2 is 1.27 bits per heavy atom. The Hall–Kier alpha value is -3.10. The highest BCUT2D eigenvalue weighted by atomic mass is 32.1. The van der Waals surface area contributed by atoms with E-state index < -0.39 is 11.9 Å². The summed E-state index contributed by atoms with van der Waals surface area (Å²) in [5.41, 5.74) is 1.87. The van der Waals surface area contributed by atoms with Crippen LogP contribution in [0.3, 0.4) is 0 Å². The molecule has 0 saturated heterocycles. The maximum atomic E-state index is 10.9. The molecule has 2 aromatic heterocycles. The third kappa shape index (κ3) is 4.50. The minimum absolute atomic E-state index is 0.200. The van der Waals surface area contributed by atoms with Gasteiger partial charge >= 0.3 is 11.9 Å². The molecule has 8 heteroatoms. The number of nitrogens with zero attached hydrogens (tertiary/aromatic N) is 2. The number of carbonyl (C=O) groups is 2. The molecule has 26 heavy (non-hydrogen) atoms. The molecule has 0 radical (unpaired) electrons. The zero-order chi connectivity index (χ0) is 18.5. The van der Waals surface area contributed by atoms with Crippen LogP contribution in [-0.4, -0.2) is 32.1 Å². The van der Waals surface area contributed by atoms with Gasteiger partial charge in [0.2, 0.25) is 0 Å². The topological polar surface area (TPSA) is 100 Å². The molecule has 0 atom stereocenters. The van der Waals surface area contributed by atoms with Gasteiger partial charge in [0.05, 0.1) is 12.4 Å². The Kier molecular flexibility index (Phi) is 5.35. The fourth-order valence-electron chi connectivity index (χ4n) is 2.03. The molecule has 0 amide bonds. The summed E-state index contributed by atoms with van der Waals surface area (Å²) in [6.45, 7) is 0. The van der Waals surface area contributed by atoms with Gasteiger partial charge in [-0.15, -0.1) is 22.7 Å². The van der Waals surface area contributed by atoms with Crippen LogP contribution in [0.15, 0.2) is 36.7 Å². The van der Waals surface area contributed by atoms with E-state index in [0.717, 1.165) is 33.8 Å². The van der Waals surface area contributed by atoms with E-state index in [-0.39, 0.29) is 9.75 Å². The van der Waals surface area contributed by atoms with Crippen LogP contribution in [0.1, 0.15) is 40.5 Å². The van der Waals surface area contributed by atoms with Gasteiger partial charge in [0, 0.05) is 0 Å². The molecule has 0 aliphatic carbocycles. The summed E-state index contributed by atoms with van der Waals surface area (Å²) in [6.07, 6.45) is 9.91. The second-order valence-electron chi connectivity index (χ2n) is 5.07. The Labute approximate surface area is 156 Å². The Bertz CT molecular complexity index is 940. The van der Waals surface area contributed by atoms with Crippen molar-refractivity contribution in [2.45, 2.75) is 0 Å². The van der Waals surface area contributed by atoms with Crippen molar-refractivity contribution in [2.24, 2.45) is 0 Å². The van der Waals surface area contributed by atoms with E-state index in [0.29, 0.717) is 10.0 Å².